The summed E-state index contributed by atoms with van der Waals surface area (Å²) < 4.78 is 0. The molecular weight excluding hydrogens is 212 g/mol. The molecule has 0 amide bonds. The lowest BCUT2D eigenvalue weighted by Gasteiger charge is -2.05. The molecule has 0 aromatic rings. The maximum absolute atomic E-state index is 10.7. The van der Waals surface area contributed by atoms with Gasteiger partial charge in [-0.2, -0.15) is 0 Å². The summed E-state index contributed by atoms with van der Waals surface area (Å²) in [6.45, 7) is 8.16. The van der Waals surface area contributed by atoms with Crippen molar-refractivity contribution in [3.63, 3.8) is 0 Å². The molecule has 17 heavy (non-hydrogen) atoms. The Bertz CT molecular complexity index is 252. The molecule has 2 nitrogen and oxygen atoms in total. The van der Waals surface area contributed by atoms with Crippen LogP contribution in [-0.4, -0.2) is 11.1 Å². The quantitative estimate of drug-likeness (QED) is 0.464. The van der Waals surface area contributed by atoms with Crippen molar-refractivity contribution in [3.05, 3.63) is 11.1 Å². The van der Waals surface area contributed by atoms with Gasteiger partial charge in [-0.3, -0.25) is 0 Å². The lowest BCUT2D eigenvalue weighted by molar-refractivity contribution is -0.132. The van der Waals surface area contributed by atoms with Crippen molar-refractivity contribution in [1.82, 2.24) is 0 Å². The lowest BCUT2D eigenvalue weighted by Crippen LogP contribution is -1.99. The van der Waals surface area contributed by atoms with E-state index in [-0.39, 0.29) is 0 Å². The van der Waals surface area contributed by atoms with Gasteiger partial charge in [0.2, 0.25) is 0 Å². The molecule has 0 aromatic heterocycles. The Balaban J connectivity index is 3.52. The van der Waals surface area contributed by atoms with Gasteiger partial charge >= 0.3 is 5.97 Å². The molecule has 0 aliphatic carbocycles. The molecular formula is C15H28O2. The fourth-order valence-electron chi connectivity index (χ4n) is 1.84. The number of carbonyl (C=O) groups is 1. The first-order valence-electron chi connectivity index (χ1n) is 6.84. The van der Waals surface area contributed by atoms with Gasteiger partial charge < -0.3 is 5.11 Å². The van der Waals surface area contributed by atoms with Crippen LogP contribution in [0.1, 0.15) is 72.6 Å². The van der Waals surface area contributed by atoms with Gasteiger partial charge in [-0.1, -0.05) is 51.5 Å². The monoisotopic (exact) mass is 240 g/mol. The number of allylic oxidation sites excluding steroid dienone is 1. The molecule has 0 radical (unpaired) electrons. The molecule has 0 saturated carbocycles. The zero-order chi connectivity index (χ0) is 13.3. The Morgan fingerprint density at radius 1 is 1.00 bits per heavy atom. The number of carboxylic acids is 1. The molecule has 0 rings (SSSR count). The molecule has 0 aromatic carbocycles. The van der Waals surface area contributed by atoms with Gasteiger partial charge in [0.1, 0.15) is 0 Å². The zero-order valence-electron chi connectivity index (χ0n) is 11.9. The molecule has 0 saturated heterocycles. The van der Waals surface area contributed by atoms with Crippen LogP contribution < -0.4 is 0 Å². The highest BCUT2D eigenvalue weighted by Gasteiger charge is 2.04. The third-order valence-corrected chi connectivity index (χ3v) is 3.29. The van der Waals surface area contributed by atoms with E-state index < -0.39 is 5.97 Å². The molecule has 0 bridgehead atoms. The highest BCUT2D eigenvalue weighted by molar-refractivity contribution is 5.86. The molecule has 0 spiro atoms. The van der Waals surface area contributed by atoms with Gasteiger partial charge in [-0.05, 0) is 32.6 Å². The minimum Gasteiger partial charge on any atom is -0.478 e. The first-order valence-corrected chi connectivity index (χ1v) is 6.84. The van der Waals surface area contributed by atoms with E-state index >= 15 is 0 Å². The van der Waals surface area contributed by atoms with Crippen LogP contribution in [0.25, 0.3) is 0 Å². The third kappa shape index (κ3) is 8.96. The Labute approximate surface area is 106 Å². The van der Waals surface area contributed by atoms with Crippen LogP contribution in [0.3, 0.4) is 0 Å². The highest BCUT2D eigenvalue weighted by atomic mass is 16.4. The minimum atomic E-state index is -0.778. The van der Waals surface area contributed by atoms with Crippen LogP contribution in [0, 0.1) is 5.92 Å². The van der Waals surface area contributed by atoms with Gasteiger partial charge in [-0.15, -0.1) is 0 Å². The molecule has 2 heteroatoms. The van der Waals surface area contributed by atoms with Crippen molar-refractivity contribution >= 4 is 5.97 Å². The van der Waals surface area contributed by atoms with E-state index in [9.17, 15) is 4.79 Å². The van der Waals surface area contributed by atoms with Gasteiger partial charge in [0.25, 0.3) is 0 Å². The second-order valence-corrected chi connectivity index (χ2v) is 5.41. The minimum absolute atomic E-state index is 0.518. The standard InChI is InChI=1S/C15H28O2/c1-12(2)10-8-6-5-7-9-11-13(3)14(4)15(16)17/h12H,5-11H2,1-4H3,(H,16,17). The summed E-state index contributed by atoms with van der Waals surface area (Å²) in [4.78, 5) is 10.7. The van der Waals surface area contributed by atoms with Crippen molar-refractivity contribution in [3.8, 4) is 0 Å². The van der Waals surface area contributed by atoms with Gasteiger partial charge in [-0.25, -0.2) is 4.79 Å². The fraction of sp³-hybridized carbons (Fsp3) is 0.800. The van der Waals surface area contributed by atoms with E-state index in [1.807, 2.05) is 6.92 Å². The summed E-state index contributed by atoms with van der Waals surface area (Å²) in [5.74, 6) is 0.0397. The number of hydrogen-bond acceptors (Lipinski definition) is 1. The third-order valence-electron chi connectivity index (χ3n) is 3.29. The normalized spacial score (nSPS) is 12.8. The topological polar surface area (TPSA) is 37.3 Å². The maximum atomic E-state index is 10.7. The summed E-state index contributed by atoms with van der Waals surface area (Å²) >= 11 is 0. The van der Waals surface area contributed by atoms with Gasteiger partial charge in [0.15, 0.2) is 0 Å². The number of aliphatic carboxylic acids is 1. The summed E-state index contributed by atoms with van der Waals surface area (Å²) in [6.07, 6.45) is 8.55. The van der Waals surface area contributed by atoms with E-state index in [4.69, 9.17) is 5.11 Å². The lowest BCUT2D eigenvalue weighted by atomic mass is 10.0. The zero-order valence-corrected chi connectivity index (χ0v) is 11.9. The molecule has 1 N–H and O–H groups in total. The Kier molecular flexibility index (Phi) is 8.83. The van der Waals surface area contributed by atoms with Gasteiger partial charge in [0, 0.05) is 5.57 Å². The Morgan fingerprint density at radius 2 is 1.53 bits per heavy atom. The average molecular weight is 240 g/mol. The number of rotatable bonds is 9. The number of carboxylic acid groups (broad SMARTS) is 1. The molecule has 0 unspecified atom stereocenters. The van der Waals surface area contributed by atoms with Crippen molar-refractivity contribution < 1.29 is 9.90 Å². The molecule has 0 aliphatic rings. The average Bonchev–Trinajstić information content (AvgIpc) is 2.25. The first kappa shape index (κ1) is 16.2. The van der Waals surface area contributed by atoms with Crippen molar-refractivity contribution in [2.75, 3.05) is 0 Å². The van der Waals surface area contributed by atoms with Crippen LogP contribution in [0.2, 0.25) is 0 Å². The van der Waals surface area contributed by atoms with E-state index in [1.165, 1.54) is 32.1 Å². The van der Waals surface area contributed by atoms with Gasteiger partial charge in [0.05, 0.1) is 0 Å². The van der Waals surface area contributed by atoms with Crippen LogP contribution in [-0.2, 0) is 4.79 Å². The van der Waals surface area contributed by atoms with Crippen LogP contribution in [0.15, 0.2) is 11.1 Å². The second-order valence-electron chi connectivity index (χ2n) is 5.41. The Morgan fingerprint density at radius 3 is 2.06 bits per heavy atom. The smallest absolute Gasteiger partial charge is 0.331 e. The first-order chi connectivity index (χ1) is 7.95. The van der Waals surface area contributed by atoms with Crippen LogP contribution >= 0.6 is 0 Å². The fourth-order valence-corrected chi connectivity index (χ4v) is 1.84. The predicted molar refractivity (Wildman–Crippen MR) is 73.2 cm³/mol. The summed E-state index contributed by atoms with van der Waals surface area (Å²) in [5.41, 5.74) is 1.55. The maximum Gasteiger partial charge on any atom is 0.331 e. The van der Waals surface area contributed by atoms with Crippen LogP contribution in [0.5, 0.6) is 0 Å². The Hall–Kier alpha value is -0.790. The predicted octanol–water partition coefficient (Wildman–Crippen LogP) is 4.79. The molecule has 0 atom stereocenters. The van der Waals surface area contributed by atoms with Crippen molar-refractivity contribution in [2.24, 2.45) is 5.92 Å². The largest absolute Gasteiger partial charge is 0.478 e. The highest BCUT2D eigenvalue weighted by Crippen LogP contribution is 2.15. The van der Waals surface area contributed by atoms with Crippen LogP contribution in [0.4, 0.5) is 0 Å². The summed E-state index contributed by atoms with van der Waals surface area (Å²) in [6, 6.07) is 0. The molecule has 0 aliphatic heterocycles. The van der Waals surface area contributed by atoms with E-state index in [1.54, 1.807) is 6.92 Å². The van der Waals surface area contributed by atoms with Crippen molar-refractivity contribution in [2.45, 2.75) is 72.6 Å². The van der Waals surface area contributed by atoms with E-state index in [2.05, 4.69) is 13.8 Å². The summed E-state index contributed by atoms with van der Waals surface area (Å²) in [7, 11) is 0. The number of hydrogen-bond donors (Lipinski definition) is 1. The molecule has 100 valence electrons. The molecule has 0 heterocycles. The second kappa shape index (κ2) is 9.26. The van der Waals surface area contributed by atoms with Crippen molar-refractivity contribution in [1.29, 1.82) is 0 Å². The van der Waals surface area contributed by atoms with E-state index in [0.29, 0.717) is 5.57 Å². The van der Waals surface area contributed by atoms with E-state index in [0.717, 1.165) is 24.3 Å². The molecule has 0 fully saturated rings. The number of unbranched alkanes of at least 4 members (excludes halogenated alkanes) is 4. The SMILES string of the molecule is CC(CCCCCCCC(C)C)=C(C)C(=O)O. The summed E-state index contributed by atoms with van der Waals surface area (Å²) in [5, 5.41) is 8.82.